The molecule has 0 spiro atoms. The lowest BCUT2D eigenvalue weighted by atomic mass is 9.98. The third-order valence-corrected chi connectivity index (χ3v) is 5.94. The molecule has 12 heteroatoms. The van der Waals surface area contributed by atoms with Gasteiger partial charge in [0.1, 0.15) is 18.1 Å². The van der Waals surface area contributed by atoms with Crippen LogP contribution in [-0.2, 0) is 30.4 Å². The average Bonchev–Trinajstić information content (AvgIpc) is 3.22. The van der Waals surface area contributed by atoms with Crippen LogP contribution in [0.5, 0.6) is 0 Å². The lowest BCUT2D eigenvalue weighted by Gasteiger charge is -2.28. The number of hydrogen-bond donors (Lipinski definition) is 7. The molecule has 8 N–H and O–H groups in total. The van der Waals surface area contributed by atoms with Crippen LogP contribution in [0.4, 0.5) is 0 Å². The van der Waals surface area contributed by atoms with Gasteiger partial charge in [0.2, 0.25) is 17.7 Å². The lowest BCUT2D eigenvalue weighted by molar-refractivity contribution is -0.147. The van der Waals surface area contributed by atoms with Crippen molar-refractivity contribution >= 4 is 40.6 Å². The molecule has 0 aliphatic heterocycles. The number of carboxylic acids is 2. The Bertz CT molecular complexity index is 1140. The van der Waals surface area contributed by atoms with E-state index in [0.717, 1.165) is 16.5 Å². The maximum Gasteiger partial charge on any atom is 0.326 e. The standard InChI is InChI=1S/C25H35N5O7/c1-12(2)20(23(34)28-18(25(36)37)10-19(31)32)30-24(35)21(13(3)4)29-22(33)16(26)9-14-11-27-17-8-6-5-7-15(14)17/h5-8,11-13,16,18,20-21,27H,9-10,26H2,1-4H3,(H,28,34)(H,29,33)(H,30,35)(H,31,32)(H,36,37). The number of carbonyl (C=O) groups excluding carboxylic acids is 3. The van der Waals surface area contributed by atoms with E-state index >= 15 is 0 Å². The molecule has 12 nitrogen and oxygen atoms in total. The summed E-state index contributed by atoms with van der Waals surface area (Å²) in [6.07, 6.45) is 1.20. The molecule has 0 saturated carbocycles. The fourth-order valence-electron chi connectivity index (χ4n) is 3.84. The highest BCUT2D eigenvalue weighted by atomic mass is 16.4. The molecule has 4 unspecified atom stereocenters. The van der Waals surface area contributed by atoms with Crippen molar-refractivity contribution in [2.45, 2.75) is 64.7 Å². The topological polar surface area (TPSA) is 204 Å². The summed E-state index contributed by atoms with van der Waals surface area (Å²) in [5.41, 5.74) is 7.91. The van der Waals surface area contributed by atoms with Crippen LogP contribution in [0.3, 0.4) is 0 Å². The summed E-state index contributed by atoms with van der Waals surface area (Å²) in [6, 6.07) is 2.80. The highest BCUT2D eigenvalue weighted by molar-refractivity contribution is 5.95. The number of carbonyl (C=O) groups is 5. The first-order valence-electron chi connectivity index (χ1n) is 12.0. The van der Waals surface area contributed by atoms with Gasteiger partial charge in [0.15, 0.2) is 0 Å². The monoisotopic (exact) mass is 517 g/mol. The van der Waals surface area contributed by atoms with Gasteiger partial charge in [-0.25, -0.2) is 4.79 Å². The smallest absolute Gasteiger partial charge is 0.326 e. The van der Waals surface area contributed by atoms with E-state index < -0.39 is 66.2 Å². The summed E-state index contributed by atoms with van der Waals surface area (Å²) in [6.45, 7) is 6.70. The van der Waals surface area contributed by atoms with Crippen molar-refractivity contribution < 1.29 is 34.2 Å². The maximum atomic E-state index is 13.1. The minimum absolute atomic E-state index is 0.236. The second-order valence-corrected chi connectivity index (χ2v) is 9.63. The highest BCUT2D eigenvalue weighted by Gasteiger charge is 2.33. The Morgan fingerprint density at radius 2 is 1.41 bits per heavy atom. The molecule has 2 rings (SSSR count). The van der Waals surface area contributed by atoms with Crippen LogP contribution in [0, 0.1) is 11.8 Å². The van der Waals surface area contributed by atoms with Crippen LogP contribution in [0.2, 0.25) is 0 Å². The molecule has 3 amide bonds. The number of benzene rings is 1. The first kappa shape index (κ1) is 29.3. The SMILES string of the molecule is CC(C)C(NC(=O)C(N)Cc1c[nH]c2ccccc12)C(=O)NC(C(=O)NC(CC(=O)O)C(=O)O)C(C)C. The van der Waals surface area contributed by atoms with Crippen LogP contribution < -0.4 is 21.7 Å². The molecule has 0 aliphatic carbocycles. The van der Waals surface area contributed by atoms with Gasteiger partial charge in [-0.3, -0.25) is 19.2 Å². The number of aliphatic carboxylic acids is 2. The zero-order valence-corrected chi connectivity index (χ0v) is 21.3. The molecule has 0 aliphatic rings. The van der Waals surface area contributed by atoms with Gasteiger partial charge >= 0.3 is 11.9 Å². The van der Waals surface area contributed by atoms with E-state index in [0.29, 0.717) is 0 Å². The van der Waals surface area contributed by atoms with E-state index in [9.17, 15) is 29.1 Å². The summed E-state index contributed by atoms with van der Waals surface area (Å²) >= 11 is 0. The Labute approximate surface area is 214 Å². The molecule has 0 saturated heterocycles. The zero-order valence-electron chi connectivity index (χ0n) is 21.3. The van der Waals surface area contributed by atoms with Crippen LogP contribution in [0.1, 0.15) is 39.7 Å². The molecule has 0 radical (unpaired) electrons. The number of nitrogens with one attached hydrogen (secondary N) is 4. The lowest BCUT2D eigenvalue weighted by Crippen LogP contribution is -2.59. The van der Waals surface area contributed by atoms with Crippen molar-refractivity contribution in [2.75, 3.05) is 0 Å². The Hall–Kier alpha value is -3.93. The van der Waals surface area contributed by atoms with E-state index in [-0.39, 0.29) is 12.3 Å². The number of carboxylic acid groups (broad SMARTS) is 2. The highest BCUT2D eigenvalue weighted by Crippen LogP contribution is 2.19. The number of amides is 3. The minimum atomic E-state index is -1.66. The normalized spacial score (nSPS) is 14.6. The van der Waals surface area contributed by atoms with Crippen molar-refractivity contribution in [2.24, 2.45) is 17.6 Å². The maximum absolute atomic E-state index is 13.1. The fraction of sp³-hybridized carbons (Fsp3) is 0.480. The number of hydrogen-bond acceptors (Lipinski definition) is 6. The second-order valence-electron chi connectivity index (χ2n) is 9.63. The number of para-hydroxylation sites is 1. The number of H-pyrrole nitrogens is 1. The van der Waals surface area contributed by atoms with E-state index in [1.807, 2.05) is 24.3 Å². The summed E-state index contributed by atoms with van der Waals surface area (Å²) in [4.78, 5) is 64.1. The number of rotatable bonds is 13. The third-order valence-electron chi connectivity index (χ3n) is 5.94. The predicted octanol–water partition coefficient (Wildman–Crippen LogP) is 0.363. The third kappa shape index (κ3) is 8.04. The number of aromatic amines is 1. The van der Waals surface area contributed by atoms with Gasteiger partial charge in [-0.05, 0) is 29.9 Å². The molecule has 37 heavy (non-hydrogen) atoms. The average molecular weight is 518 g/mol. The van der Waals surface area contributed by atoms with Crippen LogP contribution in [-0.4, -0.2) is 69.0 Å². The first-order chi connectivity index (χ1) is 17.3. The Kier molecular flexibility index (Phi) is 10.2. The van der Waals surface area contributed by atoms with Crippen molar-refractivity contribution in [1.29, 1.82) is 0 Å². The largest absolute Gasteiger partial charge is 0.481 e. The van der Waals surface area contributed by atoms with Crippen LogP contribution in [0.15, 0.2) is 30.5 Å². The van der Waals surface area contributed by atoms with Gasteiger partial charge in [-0.15, -0.1) is 0 Å². The van der Waals surface area contributed by atoms with E-state index in [1.54, 1.807) is 33.9 Å². The molecule has 1 heterocycles. The summed E-state index contributed by atoms with van der Waals surface area (Å²) < 4.78 is 0. The van der Waals surface area contributed by atoms with Gasteiger partial charge in [0.25, 0.3) is 0 Å². The van der Waals surface area contributed by atoms with Gasteiger partial charge in [-0.2, -0.15) is 0 Å². The Balaban J connectivity index is 2.09. The van der Waals surface area contributed by atoms with Crippen LogP contribution in [0.25, 0.3) is 10.9 Å². The molecule has 4 atom stereocenters. The summed E-state index contributed by atoms with van der Waals surface area (Å²) in [5.74, 6) is -5.78. The van der Waals surface area contributed by atoms with E-state index in [4.69, 9.17) is 10.8 Å². The van der Waals surface area contributed by atoms with Gasteiger partial charge < -0.3 is 36.9 Å². The summed E-state index contributed by atoms with van der Waals surface area (Å²) in [7, 11) is 0. The van der Waals surface area contributed by atoms with Gasteiger partial charge in [0.05, 0.1) is 12.5 Å². The van der Waals surface area contributed by atoms with Crippen molar-refractivity contribution in [3.8, 4) is 0 Å². The quantitative estimate of drug-likeness (QED) is 0.197. The molecule has 2 aromatic rings. The van der Waals surface area contributed by atoms with Crippen LogP contribution >= 0.6 is 0 Å². The number of aromatic nitrogens is 1. The molecular formula is C25H35N5O7. The molecular weight excluding hydrogens is 482 g/mol. The van der Waals surface area contributed by atoms with E-state index in [2.05, 4.69) is 20.9 Å². The van der Waals surface area contributed by atoms with E-state index in [1.165, 1.54) is 0 Å². The second kappa shape index (κ2) is 12.9. The van der Waals surface area contributed by atoms with Gasteiger partial charge in [-0.1, -0.05) is 45.9 Å². The van der Waals surface area contributed by atoms with Crippen molar-refractivity contribution in [1.82, 2.24) is 20.9 Å². The fourth-order valence-corrected chi connectivity index (χ4v) is 3.84. The summed E-state index contributed by atoms with van der Waals surface area (Å²) in [5, 5.41) is 26.4. The number of nitrogens with two attached hydrogens (primary N) is 1. The number of fused-ring (bicyclic) bond motifs is 1. The molecule has 1 aromatic heterocycles. The van der Waals surface area contributed by atoms with Gasteiger partial charge in [0, 0.05) is 17.1 Å². The minimum Gasteiger partial charge on any atom is -0.481 e. The first-order valence-corrected chi connectivity index (χ1v) is 12.0. The molecule has 0 fully saturated rings. The molecule has 1 aromatic carbocycles. The molecule has 202 valence electrons. The Morgan fingerprint density at radius 3 is 1.95 bits per heavy atom. The molecule has 0 bridgehead atoms. The zero-order chi connectivity index (χ0) is 27.9. The van der Waals surface area contributed by atoms with Crippen molar-refractivity contribution in [3.05, 3.63) is 36.0 Å². The Morgan fingerprint density at radius 1 is 0.865 bits per heavy atom. The predicted molar refractivity (Wildman–Crippen MR) is 135 cm³/mol. The van der Waals surface area contributed by atoms with Crippen molar-refractivity contribution in [3.63, 3.8) is 0 Å².